The number of halogens is 1. The lowest BCUT2D eigenvalue weighted by Crippen LogP contribution is -2.35. The summed E-state index contributed by atoms with van der Waals surface area (Å²) in [5.74, 6) is 0.463. The van der Waals surface area contributed by atoms with E-state index in [0.29, 0.717) is 5.75 Å². The molecule has 12 heteroatoms. The fourth-order valence-corrected chi connectivity index (χ4v) is 5.06. The van der Waals surface area contributed by atoms with Crippen molar-refractivity contribution in [3.8, 4) is 23.1 Å². The second-order valence-corrected chi connectivity index (χ2v) is 10.5. The molecule has 0 saturated carbocycles. The number of ether oxygens (including phenoxy) is 4. The predicted molar refractivity (Wildman–Crippen MR) is 139 cm³/mol. The van der Waals surface area contributed by atoms with Crippen LogP contribution in [0.5, 0.6) is 23.1 Å². The van der Waals surface area contributed by atoms with Crippen molar-refractivity contribution in [2.24, 2.45) is 5.92 Å². The zero-order valence-electron chi connectivity index (χ0n) is 21.0. The van der Waals surface area contributed by atoms with E-state index in [2.05, 4.69) is 9.97 Å². The van der Waals surface area contributed by atoms with Crippen LogP contribution < -0.4 is 18.5 Å². The Balaban J connectivity index is 2.30. The van der Waals surface area contributed by atoms with Gasteiger partial charge in [0.05, 0.1) is 23.6 Å². The average molecular weight is 552 g/mol. The number of benzene rings is 2. The van der Waals surface area contributed by atoms with E-state index < -0.39 is 10.0 Å². The van der Waals surface area contributed by atoms with Crippen LogP contribution in [-0.2, 0) is 21.4 Å². The van der Waals surface area contributed by atoms with Crippen molar-refractivity contribution >= 4 is 27.4 Å². The number of sulfonamides is 1. The molecular formula is C25H30ClN3O7S. The molecule has 2 aromatic carbocycles. The van der Waals surface area contributed by atoms with Gasteiger partial charge in [0.25, 0.3) is 15.9 Å². The van der Waals surface area contributed by atoms with Crippen LogP contribution in [0.1, 0.15) is 19.7 Å². The lowest BCUT2D eigenvalue weighted by Gasteiger charge is -2.28. The molecule has 1 heterocycles. The average Bonchev–Trinajstić information content (AvgIpc) is 2.88. The molecule has 0 aliphatic carbocycles. The molecule has 10 nitrogen and oxygen atoms in total. The molecule has 37 heavy (non-hydrogen) atoms. The van der Waals surface area contributed by atoms with Gasteiger partial charge in [-0.25, -0.2) is 17.7 Å². The van der Waals surface area contributed by atoms with Gasteiger partial charge in [-0.15, -0.1) is 0 Å². The molecule has 0 bridgehead atoms. The van der Waals surface area contributed by atoms with Crippen molar-refractivity contribution in [2.75, 3.05) is 38.3 Å². The Hall–Kier alpha value is -3.12. The first-order valence-corrected chi connectivity index (χ1v) is 13.3. The quantitative estimate of drug-likeness (QED) is 0.331. The molecule has 3 aromatic rings. The summed E-state index contributed by atoms with van der Waals surface area (Å²) in [6, 6.07) is 12.8. The maximum absolute atomic E-state index is 13.9. The Morgan fingerprint density at radius 2 is 1.81 bits per heavy atom. The topological polar surface area (TPSA) is 120 Å². The second kappa shape index (κ2) is 12.9. The minimum absolute atomic E-state index is 0.0242. The Morgan fingerprint density at radius 1 is 1.08 bits per heavy atom. The molecule has 0 spiro atoms. The summed E-state index contributed by atoms with van der Waals surface area (Å²) in [4.78, 5) is 8.94. The SMILES string of the molecule is COCc1nc(OCCO)c(Oc2cc(OC)ccc2Cl)c(N(CC(C)C)S(=O)(=O)c2ccccc2)n1. The van der Waals surface area contributed by atoms with E-state index >= 15 is 0 Å². The van der Waals surface area contributed by atoms with Gasteiger partial charge in [-0.2, -0.15) is 4.98 Å². The standard InChI is InChI=1S/C25H30ClN3O7S/c1-17(2)15-29(37(31,32)19-8-6-5-7-9-19)24-23(36-21-14-18(34-4)10-11-20(21)26)25(35-13-12-30)28-22(27-24)16-33-3/h5-11,14,17,30H,12-13,15-16H2,1-4H3. The highest BCUT2D eigenvalue weighted by Gasteiger charge is 2.33. The van der Waals surface area contributed by atoms with Gasteiger partial charge in [-0.3, -0.25) is 0 Å². The number of anilines is 1. The van der Waals surface area contributed by atoms with E-state index in [9.17, 15) is 13.5 Å². The molecule has 0 aliphatic rings. The number of hydrogen-bond acceptors (Lipinski definition) is 9. The Bertz CT molecular complexity index is 1290. The zero-order chi connectivity index (χ0) is 27.0. The van der Waals surface area contributed by atoms with Crippen LogP contribution in [0.4, 0.5) is 5.82 Å². The van der Waals surface area contributed by atoms with E-state index in [1.54, 1.807) is 36.4 Å². The third kappa shape index (κ3) is 7.01. The summed E-state index contributed by atoms with van der Waals surface area (Å²) in [6.07, 6.45) is 0. The fraction of sp³-hybridized carbons (Fsp3) is 0.360. The van der Waals surface area contributed by atoms with Gasteiger partial charge < -0.3 is 24.1 Å². The van der Waals surface area contributed by atoms with Gasteiger partial charge in [0, 0.05) is 19.7 Å². The number of rotatable bonds is 13. The number of aliphatic hydroxyl groups is 1. The lowest BCUT2D eigenvalue weighted by molar-refractivity contribution is 0.171. The van der Waals surface area contributed by atoms with Crippen molar-refractivity contribution in [3.05, 3.63) is 59.4 Å². The van der Waals surface area contributed by atoms with Crippen LogP contribution in [0.3, 0.4) is 0 Å². The summed E-state index contributed by atoms with van der Waals surface area (Å²) in [5, 5.41) is 9.63. The highest BCUT2D eigenvalue weighted by atomic mass is 35.5. The lowest BCUT2D eigenvalue weighted by atomic mass is 10.2. The number of methoxy groups -OCH3 is 2. The first kappa shape index (κ1) is 28.5. The van der Waals surface area contributed by atoms with Crippen LogP contribution in [-0.4, -0.2) is 57.5 Å². The normalized spacial score (nSPS) is 11.4. The van der Waals surface area contributed by atoms with Crippen LogP contribution in [0.25, 0.3) is 0 Å². The highest BCUT2D eigenvalue weighted by Crippen LogP contribution is 2.43. The molecule has 3 rings (SSSR count). The third-order valence-corrected chi connectivity index (χ3v) is 7.00. The van der Waals surface area contributed by atoms with E-state index in [4.69, 9.17) is 30.5 Å². The maximum Gasteiger partial charge on any atom is 0.265 e. The smallest absolute Gasteiger partial charge is 0.265 e. The van der Waals surface area contributed by atoms with Crippen molar-refractivity contribution in [2.45, 2.75) is 25.3 Å². The number of hydrogen-bond donors (Lipinski definition) is 1. The van der Waals surface area contributed by atoms with Gasteiger partial charge >= 0.3 is 0 Å². The predicted octanol–water partition coefficient (Wildman–Crippen LogP) is 4.30. The molecular weight excluding hydrogens is 522 g/mol. The van der Waals surface area contributed by atoms with Crippen molar-refractivity contribution < 1.29 is 32.5 Å². The summed E-state index contributed by atoms with van der Waals surface area (Å²) in [6.45, 7) is 3.38. The van der Waals surface area contributed by atoms with Gasteiger partial charge in [0.15, 0.2) is 11.6 Å². The van der Waals surface area contributed by atoms with Crippen LogP contribution in [0.2, 0.25) is 5.02 Å². The summed E-state index contributed by atoms with van der Waals surface area (Å²) >= 11 is 6.39. The summed E-state index contributed by atoms with van der Waals surface area (Å²) in [7, 11) is -1.14. The molecule has 0 aliphatic heterocycles. The van der Waals surface area contributed by atoms with E-state index in [1.165, 1.54) is 26.4 Å². The second-order valence-electron chi connectivity index (χ2n) is 8.24. The van der Waals surface area contributed by atoms with Gasteiger partial charge in [-0.1, -0.05) is 43.6 Å². The van der Waals surface area contributed by atoms with E-state index in [-0.39, 0.29) is 71.2 Å². The molecule has 0 radical (unpaired) electrons. The monoisotopic (exact) mass is 551 g/mol. The van der Waals surface area contributed by atoms with E-state index in [0.717, 1.165) is 4.31 Å². The van der Waals surface area contributed by atoms with E-state index in [1.807, 2.05) is 13.8 Å². The van der Waals surface area contributed by atoms with Crippen LogP contribution >= 0.6 is 11.6 Å². The summed E-state index contributed by atoms with van der Waals surface area (Å²) < 4.78 is 51.2. The molecule has 0 amide bonds. The van der Waals surface area contributed by atoms with Crippen molar-refractivity contribution in [3.63, 3.8) is 0 Å². The molecule has 0 unspecified atom stereocenters. The third-order valence-electron chi connectivity index (χ3n) is 4.92. The summed E-state index contributed by atoms with van der Waals surface area (Å²) in [5.41, 5.74) is 0. The van der Waals surface area contributed by atoms with Gasteiger partial charge in [0.1, 0.15) is 24.7 Å². The molecule has 1 aromatic heterocycles. The minimum atomic E-state index is -4.10. The Kier molecular flexibility index (Phi) is 9.93. The Labute approximate surface area is 221 Å². The first-order valence-electron chi connectivity index (χ1n) is 11.4. The largest absolute Gasteiger partial charge is 0.497 e. The zero-order valence-corrected chi connectivity index (χ0v) is 22.6. The van der Waals surface area contributed by atoms with Crippen LogP contribution in [0.15, 0.2) is 53.4 Å². The molecule has 1 N–H and O–H groups in total. The minimum Gasteiger partial charge on any atom is -0.497 e. The molecule has 0 fully saturated rings. The Morgan fingerprint density at radius 3 is 2.43 bits per heavy atom. The van der Waals surface area contributed by atoms with Crippen molar-refractivity contribution in [1.29, 1.82) is 0 Å². The van der Waals surface area contributed by atoms with Crippen LogP contribution in [0, 0.1) is 5.92 Å². The van der Waals surface area contributed by atoms with Gasteiger partial charge in [-0.05, 0) is 30.2 Å². The number of aliphatic hydroxyl groups excluding tert-OH is 1. The first-order chi connectivity index (χ1) is 17.7. The fourth-order valence-electron chi connectivity index (χ4n) is 3.30. The molecule has 200 valence electrons. The number of aromatic nitrogens is 2. The molecule has 0 atom stereocenters. The maximum atomic E-state index is 13.9. The molecule has 0 saturated heterocycles. The van der Waals surface area contributed by atoms with Gasteiger partial charge in [0.2, 0.25) is 5.75 Å². The number of nitrogens with zero attached hydrogens (tertiary/aromatic N) is 3. The van der Waals surface area contributed by atoms with Crippen molar-refractivity contribution in [1.82, 2.24) is 9.97 Å². The highest BCUT2D eigenvalue weighted by molar-refractivity contribution is 7.92.